The summed E-state index contributed by atoms with van der Waals surface area (Å²) in [5.74, 6) is -0.722. The highest BCUT2D eigenvalue weighted by atomic mass is 35.5. The summed E-state index contributed by atoms with van der Waals surface area (Å²) >= 11 is 12.1. The number of hydrogen-bond donors (Lipinski definition) is 1. The molecule has 0 saturated carbocycles. The highest BCUT2D eigenvalue weighted by Gasteiger charge is 2.14. The van der Waals surface area contributed by atoms with Crippen LogP contribution in [0.3, 0.4) is 0 Å². The van der Waals surface area contributed by atoms with Gasteiger partial charge < -0.3 is 9.52 Å². The molecule has 3 aromatic rings. The molecule has 4 nitrogen and oxygen atoms in total. The van der Waals surface area contributed by atoms with E-state index in [0.29, 0.717) is 32.6 Å². The van der Waals surface area contributed by atoms with Crippen LogP contribution in [0.25, 0.3) is 22.6 Å². The van der Waals surface area contributed by atoms with Crippen LogP contribution in [0, 0.1) is 0 Å². The molecule has 0 atom stereocenters. The minimum atomic E-state index is -1.02. The maximum Gasteiger partial charge on any atom is 0.335 e. The van der Waals surface area contributed by atoms with Crippen molar-refractivity contribution in [3.05, 3.63) is 52.0 Å². The number of carboxylic acid groups (broad SMARTS) is 1. The topological polar surface area (TPSA) is 63.3 Å². The van der Waals surface area contributed by atoms with Gasteiger partial charge in [0.05, 0.1) is 21.2 Å². The average molecular weight is 308 g/mol. The van der Waals surface area contributed by atoms with Crippen molar-refractivity contribution in [2.75, 3.05) is 0 Å². The van der Waals surface area contributed by atoms with E-state index in [4.69, 9.17) is 32.7 Å². The molecule has 20 heavy (non-hydrogen) atoms. The molecule has 0 radical (unpaired) electrons. The second-order valence-electron chi connectivity index (χ2n) is 4.11. The molecule has 0 fully saturated rings. The third-order valence-corrected chi connectivity index (χ3v) is 3.64. The lowest BCUT2D eigenvalue weighted by atomic mass is 10.2. The molecule has 6 heteroatoms. The maximum atomic E-state index is 10.9. The van der Waals surface area contributed by atoms with Gasteiger partial charge in [-0.2, -0.15) is 0 Å². The second-order valence-corrected chi connectivity index (χ2v) is 4.89. The summed E-state index contributed by atoms with van der Waals surface area (Å²) in [6, 6.07) is 9.62. The Morgan fingerprint density at radius 1 is 1.20 bits per heavy atom. The van der Waals surface area contributed by atoms with Gasteiger partial charge in [0.15, 0.2) is 5.58 Å². The summed E-state index contributed by atoms with van der Waals surface area (Å²) < 4.78 is 5.56. The average Bonchev–Trinajstić information content (AvgIpc) is 2.84. The molecule has 0 aliphatic heterocycles. The first-order valence-electron chi connectivity index (χ1n) is 5.64. The zero-order valence-electron chi connectivity index (χ0n) is 9.93. The molecule has 3 rings (SSSR count). The lowest BCUT2D eigenvalue weighted by molar-refractivity contribution is 0.0697. The zero-order valence-corrected chi connectivity index (χ0v) is 11.4. The minimum Gasteiger partial charge on any atom is -0.478 e. The molecule has 0 aliphatic rings. The van der Waals surface area contributed by atoms with E-state index in [1.807, 2.05) is 0 Å². The van der Waals surface area contributed by atoms with E-state index < -0.39 is 5.97 Å². The molecular weight excluding hydrogens is 301 g/mol. The summed E-state index contributed by atoms with van der Waals surface area (Å²) in [5.41, 5.74) is 1.64. The van der Waals surface area contributed by atoms with Gasteiger partial charge in [-0.1, -0.05) is 29.3 Å². The number of aromatic nitrogens is 1. The highest BCUT2D eigenvalue weighted by molar-refractivity contribution is 6.43. The zero-order chi connectivity index (χ0) is 14.3. The van der Waals surface area contributed by atoms with Crippen LogP contribution in [0.4, 0.5) is 0 Å². The van der Waals surface area contributed by atoms with Crippen LogP contribution in [0.15, 0.2) is 40.8 Å². The van der Waals surface area contributed by atoms with E-state index in [1.54, 1.807) is 24.3 Å². The predicted octanol–water partition coefficient (Wildman–Crippen LogP) is 4.50. The van der Waals surface area contributed by atoms with E-state index in [-0.39, 0.29) is 5.56 Å². The fraction of sp³-hybridized carbons (Fsp3) is 0. The van der Waals surface area contributed by atoms with Crippen LogP contribution in [0.2, 0.25) is 10.0 Å². The minimum absolute atomic E-state index is 0.136. The van der Waals surface area contributed by atoms with Crippen molar-refractivity contribution in [2.24, 2.45) is 0 Å². The molecule has 0 bridgehead atoms. The molecule has 0 spiro atoms. The monoisotopic (exact) mass is 307 g/mol. The summed E-state index contributed by atoms with van der Waals surface area (Å²) in [6.07, 6.45) is 0. The van der Waals surface area contributed by atoms with Crippen molar-refractivity contribution >= 4 is 40.3 Å². The fourth-order valence-corrected chi connectivity index (χ4v) is 2.22. The fourth-order valence-electron chi connectivity index (χ4n) is 1.84. The Hall–Kier alpha value is -2.04. The van der Waals surface area contributed by atoms with Crippen molar-refractivity contribution < 1.29 is 14.3 Å². The first kappa shape index (κ1) is 13.0. The number of rotatable bonds is 2. The van der Waals surface area contributed by atoms with Crippen LogP contribution in [0.5, 0.6) is 0 Å². The standard InChI is InChI=1S/C14H7Cl2NO3/c15-9-3-1-2-8(12(9)16)13-17-10-5-4-7(14(18)19)6-11(10)20-13/h1-6H,(H,18,19). The third kappa shape index (κ3) is 2.13. The van der Waals surface area contributed by atoms with Crippen LogP contribution in [0.1, 0.15) is 10.4 Å². The Morgan fingerprint density at radius 2 is 2.00 bits per heavy atom. The van der Waals surface area contributed by atoms with Gasteiger partial charge >= 0.3 is 5.97 Å². The molecule has 0 amide bonds. The third-order valence-electron chi connectivity index (χ3n) is 2.82. The van der Waals surface area contributed by atoms with Crippen molar-refractivity contribution in [1.82, 2.24) is 4.98 Å². The number of oxazole rings is 1. The van der Waals surface area contributed by atoms with Gasteiger partial charge in [0.25, 0.3) is 0 Å². The van der Waals surface area contributed by atoms with E-state index in [1.165, 1.54) is 12.1 Å². The number of aromatic carboxylic acids is 1. The first-order chi connectivity index (χ1) is 9.56. The quantitative estimate of drug-likeness (QED) is 0.757. The Labute approximate surface area is 123 Å². The van der Waals surface area contributed by atoms with Gasteiger partial charge in [-0.25, -0.2) is 9.78 Å². The molecule has 0 saturated heterocycles. The Kier molecular flexibility index (Phi) is 3.12. The van der Waals surface area contributed by atoms with Crippen LogP contribution in [-0.2, 0) is 0 Å². The van der Waals surface area contributed by atoms with E-state index in [2.05, 4.69) is 4.98 Å². The lowest BCUT2D eigenvalue weighted by Crippen LogP contribution is -1.94. The van der Waals surface area contributed by atoms with Gasteiger partial charge in [0.1, 0.15) is 5.52 Å². The number of hydrogen-bond acceptors (Lipinski definition) is 3. The van der Waals surface area contributed by atoms with E-state index in [0.717, 1.165) is 0 Å². The second kappa shape index (κ2) is 4.81. The van der Waals surface area contributed by atoms with Crippen molar-refractivity contribution in [2.45, 2.75) is 0 Å². The van der Waals surface area contributed by atoms with E-state index in [9.17, 15) is 4.79 Å². The SMILES string of the molecule is O=C(O)c1ccc2nc(-c3cccc(Cl)c3Cl)oc2c1. The molecule has 1 N–H and O–H groups in total. The normalized spacial score (nSPS) is 10.9. The Bertz CT molecular complexity index is 826. The van der Waals surface area contributed by atoms with Crippen LogP contribution in [-0.4, -0.2) is 16.1 Å². The molecule has 2 aromatic carbocycles. The van der Waals surface area contributed by atoms with Crippen LogP contribution < -0.4 is 0 Å². The maximum absolute atomic E-state index is 10.9. The van der Waals surface area contributed by atoms with Crippen LogP contribution >= 0.6 is 23.2 Å². The Morgan fingerprint density at radius 3 is 2.75 bits per heavy atom. The number of carbonyl (C=O) groups is 1. The molecule has 1 aromatic heterocycles. The molecular formula is C14H7Cl2NO3. The molecule has 0 unspecified atom stereocenters. The predicted molar refractivity (Wildman–Crippen MR) is 76.4 cm³/mol. The summed E-state index contributed by atoms with van der Waals surface area (Å²) in [7, 11) is 0. The number of halogens is 2. The van der Waals surface area contributed by atoms with Gasteiger partial charge in [0.2, 0.25) is 5.89 Å². The molecule has 100 valence electrons. The number of benzene rings is 2. The number of fused-ring (bicyclic) bond motifs is 1. The largest absolute Gasteiger partial charge is 0.478 e. The number of nitrogens with zero attached hydrogens (tertiary/aromatic N) is 1. The summed E-state index contributed by atoms with van der Waals surface area (Å²) in [6.45, 7) is 0. The van der Waals surface area contributed by atoms with Crippen molar-refractivity contribution in [1.29, 1.82) is 0 Å². The highest BCUT2D eigenvalue weighted by Crippen LogP contribution is 2.34. The lowest BCUT2D eigenvalue weighted by Gasteiger charge is -2.00. The van der Waals surface area contributed by atoms with Gasteiger partial charge in [-0.15, -0.1) is 0 Å². The molecule has 1 heterocycles. The van der Waals surface area contributed by atoms with Gasteiger partial charge in [0, 0.05) is 0 Å². The first-order valence-corrected chi connectivity index (χ1v) is 6.40. The van der Waals surface area contributed by atoms with Gasteiger partial charge in [-0.05, 0) is 30.3 Å². The smallest absolute Gasteiger partial charge is 0.335 e. The summed E-state index contributed by atoms with van der Waals surface area (Å²) in [4.78, 5) is 15.2. The van der Waals surface area contributed by atoms with Crippen molar-refractivity contribution in [3.63, 3.8) is 0 Å². The Balaban J connectivity index is 2.18. The van der Waals surface area contributed by atoms with Gasteiger partial charge in [-0.3, -0.25) is 0 Å². The summed E-state index contributed by atoms with van der Waals surface area (Å²) in [5, 5.41) is 9.70. The van der Waals surface area contributed by atoms with Crippen molar-refractivity contribution in [3.8, 4) is 11.5 Å². The molecule has 0 aliphatic carbocycles. The number of carboxylic acids is 1. The van der Waals surface area contributed by atoms with E-state index >= 15 is 0 Å².